The second kappa shape index (κ2) is 7.88. The summed E-state index contributed by atoms with van der Waals surface area (Å²) in [5, 5.41) is 5.94. The van der Waals surface area contributed by atoms with Crippen molar-refractivity contribution in [3.05, 3.63) is 54.0 Å². The Morgan fingerprint density at radius 1 is 1.29 bits per heavy atom. The van der Waals surface area contributed by atoms with E-state index in [1.165, 1.54) is 6.07 Å². The molecule has 1 aliphatic heterocycles. The van der Waals surface area contributed by atoms with Crippen LogP contribution in [0.1, 0.15) is 18.4 Å². The van der Waals surface area contributed by atoms with Gasteiger partial charge in [0.05, 0.1) is 24.4 Å². The molecule has 1 aromatic carbocycles. The van der Waals surface area contributed by atoms with Gasteiger partial charge >= 0.3 is 0 Å². The number of hydrogen-bond acceptors (Lipinski definition) is 4. The summed E-state index contributed by atoms with van der Waals surface area (Å²) < 4.78 is 19.1. The fraction of sp³-hybridized carbons (Fsp3) is 0.333. The van der Waals surface area contributed by atoms with Gasteiger partial charge in [0.25, 0.3) is 0 Å². The molecule has 1 fully saturated rings. The Balaban J connectivity index is 1.50. The van der Waals surface area contributed by atoms with Gasteiger partial charge in [0.1, 0.15) is 11.6 Å². The van der Waals surface area contributed by atoms with Gasteiger partial charge in [0, 0.05) is 13.2 Å². The van der Waals surface area contributed by atoms with E-state index in [4.69, 9.17) is 4.74 Å². The molecule has 1 saturated heterocycles. The first-order valence-electron chi connectivity index (χ1n) is 8.05. The first-order valence-corrected chi connectivity index (χ1v) is 8.05. The van der Waals surface area contributed by atoms with Crippen LogP contribution in [-0.2, 0) is 16.0 Å². The highest BCUT2D eigenvalue weighted by molar-refractivity contribution is 5.91. The van der Waals surface area contributed by atoms with Gasteiger partial charge in [-0.3, -0.25) is 4.79 Å². The standard InChI is InChI=1S/C18H20FN3O2/c19-16-6-2-1-4-13(16)10-18(23)22-17-8-7-14(11-21-17)20-12-15-5-3-9-24-15/h1-2,4,6-8,11,15,20H,3,5,9-10,12H2,(H,21,22,23). The molecule has 0 radical (unpaired) electrons. The summed E-state index contributed by atoms with van der Waals surface area (Å²) >= 11 is 0. The third kappa shape index (κ3) is 4.52. The van der Waals surface area contributed by atoms with Crippen LogP contribution in [0.5, 0.6) is 0 Å². The quantitative estimate of drug-likeness (QED) is 0.855. The van der Waals surface area contributed by atoms with Gasteiger partial charge in [-0.1, -0.05) is 18.2 Å². The molecule has 0 aliphatic carbocycles. The van der Waals surface area contributed by atoms with Crippen LogP contribution in [0.3, 0.4) is 0 Å². The van der Waals surface area contributed by atoms with Gasteiger partial charge in [-0.25, -0.2) is 9.37 Å². The number of benzene rings is 1. The predicted octanol–water partition coefficient (Wildman–Crippen LogP) is 2.99. The Kier molecular flexibility index (Phi) is 5.38. The minimum Gasteiger partial charge on any atom is -0.381 e. The van der Waals surface area contributed by atoms with Gasteiger partial charge < -0.3 is 15.4 Å². The molecule has 24 heavy (non-hydrogen) atoms. The summed E-state index contributed by atoms with van der Waals surface area (Å²) in [6.07, 6.45) is 4.08. The van der Waals surface area contributed by atoms with E-state index in [1.54, 1.807) is 30.5 Å². The smallest absolute Gasteiger partial charge is 0.230 e. The minimum absolute atomic E-state index is 0.0205. The number of pyridine rings is 1. The molecular formula is C18H20FN3O2. The number of ether oxygens (including phenoxy) is 1. The maximum atomic E-state index is 13.5. The average Bonchev–Trinajstić information content (AvgIpc) is 3.10. The number of halogens is 1. The summed E-state index contributed by atoms with van der Waals surface area (Å²) in [5.41, 5.74) is 1.24. The summed E-state index contributed by atoms with van der Waals surface area (Å²) in [6.45, 7) is 1.58. The van der Waals surface area contributed by atoms with Crippen LogP contribution in [0.15, 0.2) is 42.6 Å². The third-order valence-electron chi connectivity index (χ3n) is 3.90. The van der Waals surface area contributed by atoms with E-state index >= 15 is 0 Å². The molecule has 3 rings (SSSR count). The van der Waals surface area contributed by atoms with Gasteiger partial charge in [0.2, 0.25) is 5.91 Å². The highest BCUT2D eigenvalue weighted by Gasteiger charge is 2.14. The molecule has 1 aromatic heterocycles. The van der Waals surface area contributed by atoms with Crippen molar-refractivity contribution in [2.75, 3.05) is 23.8 Å². The zero-order valence-electron chi connectivity index (χ0n) is 13.3. The highest BCUT2D eigenvalue weighted by Crippen LogP contribution is 2.15. The van der Waals surface area contributed by atoms with Crippen LogP contribution in [-0.4, -0.2) is 30.1 Å². The Morgan fingerprint density at radius 3 is 2.88 bits per heavy atom. The maximum Gasteiger partial charge on any atom is 0.230 e. The van der Waals surface area contributed by atoms with Crippen molar-refractivity contribution in [2.45, 2.75) is 25.4 Å². The van der Waals surface area contributed by atoms with Crippen LogP contribution in [0.2, 0.25) is 0 Å². The van der Waals surface area contributed by atoms with E-state index in [0.29, 0.717) is 11.4 Å². The van der Waals surface area contributed by atoms with Crippen molar-refractivity contribution in [1.29, 1.82) is 0 Å². The molecule has 2 heterocycles. The maximum absolute atomic E-state index is 13.5. The third-order valence-corrected chi connectivity index (χ3v) is 3.90. The molecule has 126 valence electrons. The van der Waals surface area contributed by atoms with E-state index in [1.807, 2.05) is 6.07 Å². The lowest BCUT2D eigenvalue weighted by molar-refractivity contribution is -0.115. The summed E-state index contributed by atoms with van der Waals surface area (Å²) in [6, 6.07) is 9.81. The van der Waals surface area contributed by atoms with E-state index in [9.17, 15) is 9.18 Å². The fourth-order valence-corrected chi connectivity index (χ4v) is 2.61. The molecule has 0 spiro atoms. The number of aromatic nitrogens is 1. The Hall–Kier alpha value is -2.47. The largest absolute Gasteiger partial charge is 0.381 e. The number of hydrogen-bond donors (Lipinski definition) is 2. The fourth-order valence-electron chi connectivity index (χ4n) is 2.61. The molecule has 2 aromatic rings. The van der Waals surface area contributed by atoms with E-state index in [0.717, 1.165) is 31.7 Å². The van der Waals surface area contributed by atoms with Crippen LogP contribution in [0.4, 0.5) is 15.9 Å². The Labute approximate surface area is 140 Å². The molecule has 1 atom stereocenters. The monoisotopic (exact) mass is 329 g/mol. The van der Waals surface area contributed by atoms with Crippen LogP contribution < -0.4 is 10.6 Å². The van der Waals surface area contributed by atoms with Crippen LogP contribution in [0.25, 0.3) is 0 Å². The minimum atomic E-state index is -0.380. The van der Waals surface area contributed by atoms with Crippen molar-refractivity contribution in [2.24, 2.45) is 0 Å². The lowest BCUT2D eigenvalue weighted by Crippen LogP contribution is -2.19. The normalized spacial score (nSPS) is 16.8. The second-order valence-corrected chi connectivity index (χ2v) is 5.76. The number of nitrogens with one attached hydrogen (secondary N) is 2. The van der Waals surface area contributed by atoms with Crippen molar-refractivity contribution < 1.29 is 13.9 Å². The number of amides is 1. The average molecular weight is 329 g/mol. The molecule has 5 nitrogen and oxygen atoms in total. The van der Waals surface area contributed by atoms with Crippen molar-refractivity contribution in [1.82, 2.24) is 4.98 Å². The zero-order chi connectivity index (χ0) is 16.8. The van der Waals surface area contributed by atoms with Gasteiger partial charge in [-0.15, -0.1) is 0 Å². The van der Waals surface area contributed by atoms with Gasteiger partial charge in [0.15, 0.2) is 0 Å². The van der Waals surface area contributed by atoms with E-state index in [2.05, 4.69) is 15.6 Å². The van der Waals surface area contributed by atoms with Crippen molar-refractivity contribution >= 4 is 17.4 Å². The number of rotatable bonds is 6. The molecule has 0 saturated carbocycles. The van der Waals surface area contributed by atoms with Crippen LogP contribution in [0, 0.1) is 5.82 Å². The van der Waals surface area contributed by atoms with E-state index in [-0.39, 0.29) is 24.2 Å². The molecule has 1 unspecified atom stereocenters. The first kappa shape index (κ1) is 16.4. The molecule has 2 N–H and O–H groups in total. The summed E-state index contributed by atoms with van der Waals surface area (Å²) in [7, 11) is 0. The Bertz CT molecular complexity index is 685. The predicted molar refractivity (Wildman–Crippen MR) is 90.4 cm³/mol. The topological polar surface area (TPSA) is 63.2 Å². The second-order valence-electron chi connectivity index (χ2n) is 5.76. The first-order chi connectivity index (χ1) is 11.7. The zero-order valence-corrected chi connectivity index (χ0v) is 13.3. The van der Waals surface area contributed by atoms with E-state index < -0.39 is 0 Å². The number of anilines is 2. The van der Waals surface area contributed by atoms with Crippen molar-refractivity contribution in [3.8, 4) is 0 Å². The SMILES string of the molecule is O=C(Cc1ccccc1F)Nc1ccc(NCC2CCCO2)cn1. The Morgan fingerprint density at radius 2 is 2.17 bits per heavy atom. The molecule has 0 bridgehead atoms. The highest BCUT2D eigenvalue weighted by atomic mass is 19.1. The molecular weight excluding hydrogens is 309 g/mol. The lowest BCUT2D eigenvalue weighted by atomic mass is 10.1. The van der Waals surface area contributed by atoms with Crippen LogP contribution >= 0.6 is 0 Å². The van der Waals surface area contributed by atoms with Gasteiger partial charge in [-0.2, -0.15) is 0 Å². The lowest BCUT2D eigenvalue weighted by Gasteiger charge is -2.12. The summed E-state index contributed by atoms with van der Waals surface area (Å²) in [5.74, 6) is -0.235. The van der Waals surface area contributed by atoms with Gasteiger partial charge in [-0.05, 0) is 36.6 Å². The number of nitrogens with zero attached hydrogens (tertiary/aromatic N) is 1. The number of carbonyl (C=O) groups is 1. The molecule has 6 heteroatoms. The molecule has 1 aliphatic rings. The number of carbonyl (C=O) groups excluding carboxylic acids is 1. The molecule has 1 amide bonds. The van der Waals surface area contributed by atoms with Crippen molar-refractivity contribution in [3.63, 3.8) is 0 Å². The summed E-state index contributed by atoms with van der Waals surface area (Å²) in [4.78, 5) is 16.2.